The molecule has 0 saturated carbocycles. The fraction of sp³-hybridized carbons (Fsp3) is 0.333. The van der Waals surface area contributed by atoms with Gasteiger partial charge in [-0.1, -0.05) is 25.1 Å². The summed E-state index contributed by atoms with van der Waals surface area (Å²) in [5.74, 6) is 0. The van der Waals surface area contributed by atoms with Gasteiger partial charge in [0.2, 0.25) is 0 Å². The van der Waals surface area contributed by atoms with Crippen LogP contribution in [0.1, 0.15) is 30.4 Å². The van der Waals surface area contributed by atoms with E-state index < -0.39 is 0 Å². The van der Waals surface area contributed by atoms with Crippen molar-refractivity contribution in [3.8, 4) is 11.3 Å². The third-order valence-electron chi connectivity index (χ3n) is 3.78. The monoisotopic (exact) mass is 257 g/mol. The summed E-state index contributed by atoms with van der Waals surface area (Å²) in [6, 6.07) is 9.55. The predicted octanol–water partition coefficient (Wildman–Crippen LogP) is 2.36. The van der Waals surface area contributed by atoms with Crippen LogP contribution < -0.4 is 4.43 Å². The molecule has 1 N–H and O–H groups in total. The number of rotatable bonds is 2. The Hall–Kier alpha value is -2.10. The van der Waals surface area contributed by atoms with E-state index in [1.54, 1.807) is 0 Å². The van der Waals surface area contributed by atoms with E-state index >= 15 is 0 Å². The fourth-order valence-corrected chi connectivity index (χ4v) is 2.87. The molecule has 0 spiro atoms. The van der Waals surface area contributed by atoms with Gasteiger partial charge in [0.05, 0.1) is 9.99 Å². The molecule has 4 nitrogen and oxygen atoms in total. The highest BCUT2D eigenvalue weighted by Crippen LogP contribution is 2.25. The van der Waals surface area contributed by atoms with Crippen LogP contribution >= 0.6 is 0 Å². The van der Waals surface area contributed by atoms with Crippen LogP contribution in [-0.4, -0.2) is 9.94 Å². The molecule has 3 rings (SSSR count). The molecule has 0 amide bonds. The summed E-state index contributed by atoms with van der Waals surface area (Å²) in [6.45, 7) is 1.95. The van der Waals surface area contributed by atoms with Crippen molar-refractivity contribution in [1.29, 1.82) is 0 Å². The van der Waals surface area contributed by atoms with Gasteiger partial charge in [0.1, 0.15) is 11.4 Å². The van der Waals surface area contributed by atoms with Crippen LogP contribution in [-0.2, 0) is 19.3 Å². The minimum absolute atomic E-state index is 0.575. The van der Waals surface area contributed by atoms with Crippen LogP contribution in [0.25, 0.3) is 11.3 Å². The molecule has 0 saturated heterocycles. The Kier molecular flexibility index (Phi) is 2.85. The molecular weight excluding hydrogens is 240 g/mol. The van der Waals surface area contributed by atoms with Gasteiger partial charge in [-0.15, -0.1) is 0 Å². The molecule has 19 heavy (non-hydrogen) atoms. The molecule has 0 unspecified atom stereocenters. The molecule has 98 valence electrons. The first-order valence-electron chi connectivity index (χ1n) is 6.71. The zero-order valence-electron chi connectivity index (χ0n) is 11.0. The van der Waals surface area contributed by atoms with Crippen LogP contribution in [0.15, 0.2) is 30.3 Å². The van der Waals surface area contributed by atoms with Gasteiger partial charge in [0.25, 0.3) is 11.4 Å². The van der Waals surface area contributed by atoms with Crippen LogP contribution in [0.4, 0.5) is 0 Å². The summed E-state index contributed by atoms with van der Waals surface area (Å²) in [4.78, 5) is 12.6. The SMILES string of the molecule is CCc1c(-c2ccccc2)[n+](=O)c2c(n1O)CCC2. The average molecular weight is 257 g/mol. The summed E-state index contributed by atoms with van der Waals surface area (Å²) < 4.78 is 2.25. The highest BCUT2D eigenvalue weighted by atomic mass is 16.5. The van der Waals surface area contributed by atoms with E-state index in [0.717, 1.165) is 34.9 Å². The van der Waals surface area contributed by atoms with E-state index in [-0.39, 0.29) is 0 Å². The van der Waals surface area contributed by atoms with Gasteiger partial charge in [0.15, 0.2) is 0 Å². The quantitative estimate of drug-likeness (QED) is 0.663. The molecule has 1 aliphatic carbocycles. The summed E-state index contributed by atoms with van der Waals surface area (Å²) in [7, 11) is 0. The van der Waals surface area contributed by atoms with Crippen molar-refractivity contribution in [2.45, 2.75) is 32.6 Å². The molecule has 1 heterocycles. The second-order valence-electron chi connectivity index (χ2n) is 4.87. The zero-order valence-corrected chi connectivity index (χ0v) is 11.0. The number of aromatic nitrogens is 2. The number of hydrogen-bond donors (Lipinski definition) is 1. The van der Waals surface area contributed by atoms with Gasteiger partial charge in [0, 0.05) is 11.3 Å². The molecule has 1 aromatic carbocycles. The summed E-state index contributed by atoms with van der Waals surface area (Å²) >= 11 is 0. The fourth-order valence-electron chi connectivity index (χ4n) is 2.87. The maximum absolute atomic E-state index is 12.6. The molecule has 0 atom stereocenters. The average Bonchev–Trinajstić information content (AvgIpc) is 2.93. The van der Waals surface area contributed by atoms with Gasteiger partial charge in [-0.05, 0) is 31.4 Å². The molecule has 1 aromatic heterocycles. The number of benzene rings is 1. The normalized spacial score (nSPS) is 13.5. The van der Waals surface area contributed by atoms with Crippen molar-refractivity contribution < 1.29 is 9.63 Å². The number of hydrogen-bond acceptors (Lipinski definition) is 2. The van der Waals surface area contributed by atoms with E-state index in [1.165, 1.54) is 4.73 Å². The smallest absolute Gasteiger partial charge is 0.293 e. The van der Waals surface area contributed by atoms with Crippen molar-refractivity contribution in [1.82, 2.24) is 4.73 Å². The Morgan fingerprint density at radius 2 is 2.00 bits per heavy atom. The maximum atomic E-state index is 12.6. The van der Waals surface area contributed by atoms with E-state index in [4.69, 9.17) is 0 Å². The number of nitrogens with zero attached hydrogens (tertiary/aromatic N) is 2. The Labute approximate surface area is 111 Å². The minimum Gasteiger partial charge on any atom is -0.428 e. The van der Waals surface area contributed by atoms with Crippen LogP contribution in [0.3, 0.4) is 0 Å². The molecule has 0 radical (unpaired) electrons. The standard InChI is InChI=1S/C15H17N2O2/c1-2-12-15(11-7-4-3-5-8-11)17(19)14-10-6-9-13(14)16(12)18/h3-5,7-8,18H,2,6,9-10H2,1H3/q+1. The second-order valence-corrected chi connectivity index (χ2v) is 4.87. The molecule has 0 aliphatic heterocycles. The van der Waals surface area contributed by atoms with Gasteiger partial charge in [-0.3, -0.25) is 0 Å². The third-order valence-corrected chi connectivity index (χ3v) is 3.78. The molecular formula is C15H17N2O2+. The zero-order chi connectivity index (χ0) is 13.4. The van der Waals surface area contributed by atoms with Crippen molar-refractivity contribution in [3.63, 3.8) is 0 Å². The summed E-state index contributed by atoms with van der Waals surface area (Å²) in [5, 5.41) is 10.3. The Balaban J connectivity index is 2.36. The van der Waals surface area contributed by atoms with Crippen LogP contribution in [0.2, 0.25) is 0 Å². The molecule has 4 heteroatoms. The van der Waals surface area contributed by atoms with E-state index in [1.807, 2.05) is 37.3 Å². The highest BCUT2D eigenvalue weighted by molar-refractivity contribution is 5.59. The molecule has 2 aromatic rings. The lowest BCUT2D eigenvalue weighted by Crippen LogP contribution is -2.30. The summed E-state index contributed by atoms with van der Waals surface area (Å²) in [6.07, 6.45) is 3.06. The van der Waals surface area contributed by atoms with Crippen LogP contribution in [0.5, 0.6) is 0 Å². The third kappa shape index (κ3) is 1.75. The van der Waals surface area contributed by atoms with Crippen molar-refractivity contribution in [2.75, 3.05) is 0 Å². The van der Waals surface area contributed by atoms with E-state index in [2.05, 4.69) is 0 Å². The lowest BCUT2D eigenvalue weighted by Gasteiger charge is -2.09. The lowest BCUT2D eigenvalue weighted by atomic mass is 10.1. The molecule has 0 fully saturated rings. The lowest BCUT2D eigenvalue weighted by molar-refractivity contribution is -0.494. The van der Waals surface area contributed by atoms with E-state index in [0.29, 0.717) is 23.5 Å². The largest absolute Gasteiger partial charge is 0.428 e. The topological polar surface area (TPSA) is 48.1 Å². The first-order valence-corrected chi connectivity index (χ1v) is 6.71. The van der Waals surface area contributed by atoms with Gasteiger partial charge in [-0.25, -0.2) is 0 Å². The summed E-state index contributed by atoms with van der Waals surface area (Å²) in [5.41, 5.74) is 3.59. The Bertz CT molecular complexity index is 675. The maximum Gasteiger partial charge on any atom is 0.293 e. The first-order chi connectivity index (χ1) is 9.24. The van der Waals surface area contributed by atoms with Gasteiger partial charge in [-0.2, -0.15) is 4.73 Å². The molecule has 0 bridgehead atoms. The molecule has 1 aliphatic rings. The first kappa shape index (κ1) is 12.0. The van der Waals surface area contributed by atoms with Crippen molar-refractivity contribution in [3.05, 3.63) is 52.3 Å². The second kappa shape index (κ2) is 4.53. The van der Waals surface area contributed by atoms with Crippen LogP contribution in [0, 0.1) is 4.91 Å². The minimum atomic E-state index is 0.575. The van der Waals surface area contributed by atoms with Crippen molar-refractivity contribution >= 4 is 0 Å². The Morgan fingerprint density at radius 3 is 2.68 bits per heavy atom. The predicted molar refractivity (Wildman–Crippen MR) is 71.8 cm³/mol. The van der Waals surface area contributed by atoms with Gasteiger partial charge < -0.3 is 5.21 Å². The Morgan fingerprint density at radius 1 is 1.26 bits per heavy atom. The highest BCUT2D eigenvalue weighted by Gasteiger charge is 2.32. The van der Waals surface area contributed by atoms with Crippen molar-refractivity contribution in [2.24, 2.45) is 0 Å². The van der Waals surface area contributed by atoms with Gasteiger partial charge >= 0.3 is 0 Å². The van der Waals surface area contributed by atoms with E-state index in [9.17, 15) is 10.1 Å². The number of fused-ring (bicyclic) bond motifs is 1.